The average molecular weight is 303 g/mol. The number of rotatable bonds is 6. The highest BCUT2D eigenvalue weighted by atomic mass is 16.5. The van der Waals surface area contributed by atoms with Crippen molar-refractivity contribution in [2.24, 2.45) is 0 Å². The van der Waals surface area contributed by atoms with Crippen molar-refractivity contribution < 1.29 is 9.53 Å². The van der Waals surface area contributed by atoms with Crippen molar-refractivity contribution in [3.05, 3.63) is 95.8 Å². The summed E-state index contributed by atoms with van der Waals surface area (Å²) >= 11 is 0. The lowest BCUT2D eigenvalue weighted by atomic mass is 10.0. The number of ether oxygens (including phenoxy) is 1. The van der Waals surface area contributed by atoms with Gasteiger partial charge in [-0.2, -0.15) is 0 Å². The smallest absolute Gasteiger partial charge is 0.168 e. The molecule has 3 nitrogen and oxygen atoms in total. The molecule has 0 radical (unpaired) electrons. The van der Waals surface area contributed by atoms with Gasteiger partial charge in [0, 0.05) is 24.4 Å². The first-order valence-electron chi connectivity index (χ1n) is 7.50. The summed E-state index contributed by atoms with van der Waals surface area (Å²) < 4.78 is 5.74. The van der Waals surface area contributed by atoms with Crippen molar-refractivity contribution in [1.29, 1.82) is 0 Å². The van der Waals surface area contributed by atoms with Gasteiger partial charge in [0.1, 0.15) is 12.4 Å². The maximum absolute atomic E-state index is 12.1. The summed E-state index contributed by atoms with van der Waals surface area (Å²) in [5.41, 5.74) is 2.73. The van der Waals surface area contributed by atoms with Crippen LogP contribution < -0.4 is 4.74 Å². The molecule has 0 aliphatic rings. The van der Waals surface area contributed by atoms with E-state index in [9.17, 15) is 4.79 Å². The minimum atomic E-state index is 0.0658. The van der Waals surface area contributed by atoms with Crippen molar-refractivity contribution in [1.82, 2.24) is 4.98 Å². The Morgan fingerprint density at radius 2 is 1.65 bits per heavy atom. The first-order chi connectivity index (χ1) is 11.3. The zero-order valence-electron chi connectivity index (χ0n) is 12.7. The van der Waals surface area contributed by atoms with Crippen LogP contribution in [0.3, 0.4) is 0 Å². The van der Waals surface area contributed by atoms with Crippen LogP contribution in [-0.2, 0) is 13.0 Å². The zero-order chi connectivity index (χ0) is 15.9. The van der Waals surface area contributed by atoms with Gasteiger partial charge < -0.3 is 4.74 Å². The quantitative estimate of drug-likeness (QED) is 0.644. The Balaban J connectivity index is 1.58. The monoisotopic (exact) mass is 303 g/mol. The number of pyridine rings is 1. The molecular formula is C20H17NO2. The Labute approximate surface area is 135 Å². The van der Waals surface area contributed by atoms with Crippen molar-refractivity contribution in [3.8, 4) is 5.75 Å². The zero-order valence-corrected chi connectivity index (χ0v) is 12.7. The van der Waals surface area contributed by atoms with Crippen LogP contribution in [-0.4, -0.2) is 10.8 Å². The van der Waals surface area contributed by atoms with Crippen LogP contribution in [0.5, 0.6) is 5.75 Å². The lowest BCUT2D eigenvalue weighted by Crippen LogP contribution is -2.03. The molecule has 0 N–H and O–H groups in total. The average Bonchev–Trinajstić information content (AvgIpc) is 2.63. The van der Waals surface area contributed by atoms with Gasteiger partial charge in [0.25, 0.3) is 0 Å². The van der Waals surface area contributed by atoms with Crippen LogP contribution in [0.15, 0.2) is 79.1 Å². The number of carbonyl (C=O) groups is 1. The third-order valence-electron chi connectivity index (χ3n) is 3.52. The van der Waals surface area contributed by atoms with Gasteiger partial charge in [0.2, 0.25) is 0 Å². The summed E-state index contributed by atoms with van der Waals surface area (Å²) in [5.74, 6) is 0.863. The van der Waals surface area contributed by atoms with Gasteiger partial charge in [-0.3, -0.25) is 9.78 Å². The Morgan fingerprint density at radius 1 is 0.870 bits per heavy atom. The number of Topliss-reactive ketones (excluding diaryl/α,β-unsaturated/α-hetero) is 1. The van der Waals surface area contributed by atoms with Crippen LogP contribution in [0, 0.1) is 0 Å². The third-order valence-corrected chi connectivity index (χ3v) is 3.52. The van der Waals surface area contributed by atoms with E-state index in [0.29, 0.717) is 18.6 Å². The molecule has 0 spiro atoms. The molecule has 2 aromatic carbocycles. The molecule has 0 saturated heterocycles. The summed E-state index contributed by atoms with van der Waals surface area (Å²) in [5, 5.41) is 0. The molecule has 114 valence electrons. The second-order valence-electron chi connectivity index (χ2n) is 5.26. The van der Waals surface area contributed by atoms with E-state index in [1.165, 1.54) is 0 Å². The van der Waals surface area contributed by atoms with Gasteiger partial charge in [-0.05, 0) is 35.4 Å². The minimum Gasteiger partial charge on any atom is -0.489 e. The molecule has 0 unspecified atom stereocenters. The van der Waals surface area contributed by atoms with Crippen molar-refractivity contribution in [2.45, 2.75) is 13.0 Å². The van der Waals surface area contributed by atoms with Gasteiger partial charge in [-0.15, -0.1) is 0 Å². The van der Waals surface area contributed by atoms with Gasteiger partial charge in [0.05, 0.1) is 0 Å². The molecule has 1 aromatic heterocycles. The molecule has 0 aliphatic carbocycles. The lowest BCUT2D eigenvalue weighted by molar-refractivity contribution is 0.0992. The highest BCUT2D eigenvalue weighted by Crippen LogP contribution is 2.15. The second kappa shape index (κ2) is 7.36. The van der Waals surface area contributed by atoms with E-state index < -0.39 is 0 Å². The highest BCUT2D eigenvalue weighted by molar-refractivity contribution is 5.97. The van der Waals surface area contributed by atoms with Crippen molar-refractivity contribution in [3.63, 3.8) is 0 Å². The molecule has 0 aliphatic heterocycles. The van der Waals surface area contributed by atoms with Crippen molar-refractivity contribution >= 4 is 5.78 Å². The predicted molar refractivity (Wildman–Crippen MR) is 89.5 cm³/mol. The maximum atomic E-state index is 12.1. The van der Waals surface area contributed by atoms with E-state index in [0.717, 1.165) is 16.9 Å². The molecule has 1 heterocycles. The van der Waals surface area contributed by atoms with E-state index in [1.807, 2.05) is 54.6 Å². The van der Waals surface area contributed by atoms with E-state index in [1.54, 1.807) is 24.5 Å². The van der Waals surface area contributed by atoms with Gasteiger partial charge in [-0.25, -0.2) is 0 Å². The molecular weight excluding hydrogens is 286 g/mol. The first-order valence-corrected chi connectivity index (χ1v) is 7.50. The molecule has 0 atom stereocenters. The van der Waals surface area contributed by atoms with E-state index in [-0.39, 0.29) is 5.78 Å². The van der Waals surface area contributed by atoms with Crippen LogP contribution in [0.2, 0.25) is 0 Å². The summed E-state index contributed by atoms with van der Waals surface area (Å²) in [6, 6.07) is 21.2. The van der Waals surface area contributed by atoms with Crippen molar-refractivity contribution in [2.75, 3.05) is 0 Å². The second-order valence-corrected chi connectivity index (χ2v) is 5.26. The van der Waals surface area contributed by atoms with Crippen LogP contribution in [0.25, 0.3) is 0 Å². The highest BCUT2D eigenvalue weighted by Gasteiger charge is 2.07. The number of hydrogen-bond acceptors (Lipinski definition) is 3. The molecule has 23 heavy (non-hydrogen) atoms. The Hall–Kier alpha value is -2.94. The number of hydrogen-bond donors (Lipinski definition) is 0. The van der Waals surface area contributed by atoms with Crippen LogP contribution in [0.4, 0.5) is 0 Å². The Kier molecular flexibility index (Phi) is 4.79. The minimum absolute atomic E-state index is 0.0658. The fourth-order valence-electron chi connectivity index (χ4n) is 2.26. The fraction of sp³-hybridized carbons (Fsp3) is 0.100. The topological polar surface area (TPSA) is 39.2 Å². The number of benzene rings is 2. The van der Waals surface area contributed by atoms with Gasteiger partial charge >= 0.3 is 0 Å². The molecule has 0 amide bonds. The standard InChI is InChI=1S/C20H17NO2/c22-20(18-7-4-12-21-14-18)13-16-8-10-19(11-9-16)23-15-17-5-2-1-3-6-17/h1-12,14H,13,15H2. The third kappa shape index (κ3) is 4.27. The summed E-state index contributed by atoms with van der Waals surface area (Å²) in [7, 11) is 0. The summed E-state index contributed by atoms with van der Waals surface area (Å²) in [4.78, 5) is 16.1. The number of aromatic nitrogens is 1. The van der Waals surface area contributed by atoms with Gasteiger partial charge in [0.15, 0.2) is 5.78 Å². The Morgan fingerprint density at radius 3 is 2.35 bits per heavy atom. The number of ketones is 1. The van der Waals surface area contributed by atoms with Crippen LogP contribution >= 0.6 is 0 Å². The largest absolute Gasteiger partial charge is 0.489 e. The Bertz CT molecular complexity index is 753. The van der Waals surface area contributed by atoms with E-state index in [4.69, 9.17) is 4.74 Å². The lowest BCUT2D eigenvalue weighted by Gasteiger charge is -2.07. The SMILES string of the molecule is O=C(Cc1ccc(OCc2ccccc2)cc1)c1cccnc1. The van der Waals surface area contributed by atoms with E-state index in [2.05, 4.69) is 4.98 Å². The van der Waals surface area contributed by atoms with Gasteiger partial charge in [-0.1, -0.05) is 42.5 Å². The molecule has 0 fully saturated rings. The first kappa shape index (κ1) is 15.0. The number of carbonyl (C=O) groups excluding carboxylic acids is 1. The molecule has 0 bridgehead atoms. The molecule has 3 heteroatoms. The fourth-order valence-corrected chi connectivity index (χ4v) is 2.26. The molecule has 0 saturated carbocycles. The number of nitrogens with zero attached hydrogens (tertiary/aromatic N) is 1. The normalized spacial score (nSPS) is 10.3. The summed E-state index contributed by atoms with van der Waals surface area (Å²) in [6.07, 6.45) is 3.62. The summed E-state index contributed by atoms with van der Waals surface area (Å²) in [6.45, 7) is 0.537. The predicted octanol–water partition coefficient (Wildman–Crippen LogP) is 4.09. The van der Waals surface area contributed by atoms with E-state index >= 15 is 0 Å². The molecule has 3 rings (SSSR count). The maximum Gasteiger partial charge on any atom is 0.168 e. The molecule has 3 aromatic rings. The van der Waals surface area contributed by atoms with Crippen LogP contribution in [0.1, 0.15) is 21.5 Å².